The van der Waals surface area contributed by atoms with Gasteiger partial charge in [0.05, 0.1) is 7.11 Å². The smallest absolute Gasteiger partial charge is 0.396 e. The molecule has 1 rings (SSSR count). The van der Waals surface area contributed by atoms with E-state index >= 15 is 0 Å². The number of esters is 1. The van der Waals surface area contributed by atoms with Crippen LogP contribution in [0.1, 0.15) is 11.3 Å². The first kappa shape index (κ1) is 11.2. The fourth-order valence-corrected chi connectivity index (χ4v) is 1.17. The molecule has 0 aliphatic carbocycles. The number of ether oxygens (including phenoxy) is 1. The van der Waals surface area contributed by atoms with Crippen LogP contribution < -0.4 is 5.32 Å². The number of aryl methyl sites for hydroxylation is 2. The number of carbonyl (C=O) groups excluding carboxylic acids is 2. The fraction of sp³-hybridized carbons (Fsp3) is 0.300. The lowest BCUT2D eigenvalue weighted by molar-refractivity contribution is -0.150. The Morgan fingerprint density at radius 1 is 1.33 bits per heavy atom. The second-order valence-corrected chi connectivity index (χ2v) is 3.12. The maximum absolute atomic E-state index is 11.1. The predicted octanol–water partition coefficient (Wildman–Crippen LogP) is 0.810. The molecule has 1 aromatic rings. The van der Waals surface area contributed by atoms with Crippen molar-refractivity contribution in [1.82, 2.24) is 4.98 Å². The van der Waals surface area contributed by atoms with E-state index in [0.29, 0.717) is 5.82 Å². The van der Waals surface area contributed by atoms with Crippen molar-refractivity contribution in [2.24, 2.45) is 0 Å². The van der Waals surface area contributed by atoms with Gasteiger partial charge in [-0.05, 0) is 31.5 Å². The molecule has 5 nitrogen and oxygen atoms in total. The molecule has 0 bridgehead atoms. The summed E-state index contributed by atoms with van der Waals surface area (Å²) in [6, 6.07) is 3.54. The van der Waals surface area contributed by atoms with Crippen LogP contribution in [0.4, 0.5) is 5.82 Å². The fourth-order valence-electron chi connectivity index (χ4n) is 1.17. The molecule has 1 aromatic heterocycles. The predicted molar refractivity (Wildman–Crippen MR) is 54.4 cm³/mol. The molecule has 0 atom stereocenters. The number of methoxy groups -OCH3 is 1. The number of anilines is 1. The third-order valence-electron chi connectivity index (χ3n) is 1.71. The van der Waals surface area contributed by atoms with Crippen molar-refractivity contribution in [3.8, 4) is 0 Å². The highest BCUT2D eigenvalue weighted by Crippen LogP contribution is 2.08. The Kier molecular flexibility index (Phi) is 3.38. The highest BCUT2D eigenvalue weighted by Gasteiger charge is 2.14. The average Bonchev–Trinajstić information content (AvgIpc) is 2.14. The summed E-state index contributed by atoms with van der Waals surface area (Å²) in [5.74, 6) is -1.41. The molecule has 1 N–H and O–H groups in total. The van der Waals surface area contributed by atoms with Crippen LogP contribution >= 0.6 is 0 Å². The Morgan fingerprint density at radius 3 is 2.53 bits per heavy atom. The van der Waals surface area contributed by atoms with Crippen molar-refractivity contribution in [3.63, 3.8) is 0 Å². The number of hydrogen-bond acceptors (Lipinski definition) is 4. The molecule has 0 unspecified atom stereocenters. The minimum atomic E-state index is -0.934. The number of rotatable bonds is 1. The minimum absolute atomic E-state index is 0.350. The van der Waals surface area contributed by atoms with Crippen molar-refractivity contribution in [3.05, 3.63) is 23.4 Å². The molecular formula is C10H12N2O3. The summed E-state index contributed by atoms with van der Waals surface area (Å²) in [7, 11) is 1.15. The molecule has 1 heterocycles. The number of pyridine rings is 1. The van der Waals surface area contributed by atoms with Crippen molar-refractivity contribution >= 4 is 17.7 Å². The van der Waals surface area contributed by atoms with Gasteiger partial charge in [0.25, 0.3) is 0 Å². The van der Waals surface area contributed by atoms with Crippen molar-refractivity contribution in [2.45, 2.75) is 13.8 Å². The number of aromatic nitrogens is 1. The van der Waals surface area contributed by atoms with Crippen LogP contribution in [0.15, 0.2) is 12.1 Å². The molecule has 0 fully saturated rings. The average molecular weight is 208 g/mol. The molecule has 0 saturated heterocycles. The molecular weight excluding hydrogens is 196 g/mol. The largest absolute Gasteiger partial charge is 0.462 e. The van der Waals surface area contributed by atoms with Crippen molar-refractivity contribution < 1.29 is 14.3 Å². The van der Waals surface area contributed by atoms with Gasteiger partial charge < -0.3 is 10.1 Å². The van der Waals surface area contributed by atoms with Crippen LogP contribution in [0, 0.1) is 13.8 Å². The van der Waals surface area contributed by atoms with E-state index in [1.165, 1.54) is 0 Å². The summed E-state index contributed by atoms with van der Waals surface area (Å²) in [4.78, 5) is 26.0. The summed E-state index contributed by atoms with van der Waals surface area (Å²) < 4.78 is 4.27. The van der Waals surface area contributed by atoms with E-state index in [1.807, 2.05) is 13.0 Å². The summed E-state index contributed by atoms with van der Waals surface area (Å²) in [5.41, 5.74) is 1.73. The van der Waals surface area contributed by atoms with Crippen LogP contribution in [-0.2, 0) is 14.3 Å². The monoisotopic (exact) mass is 208 g/mol. The summed E-state index contributed by atoms with van der Waals surface area (Å²) >= 11 is 0. The zero-order valence-corrected chi connectivity index (χ0v) is 8.83. The molecule has 0 saturated carbocycles. The second kappa shape index (κ2) is 4.54. The zero-order chi connectivity index (χ0) is 11.4. The SMILES string of the molecule is COC(=O)C(=O)Nc1cc(C)cc(C)n1. The van der Waals surface area contributed by atoms with Crippen molar-refractivity contribution in [1.29, 1.82) is 0 Å². The van der Waals surface area contributed by atoms with E-state index in [1.54, 1.807) is 13.0 Å². The molecule has 0 spiro atoms. The lowest BCUT2D eigenvalue weighted by Gasteiger charge is -2.04. The van der Waals surface area contributed by atoms with Crippen LogP contribution in [-0.4, -0.2) is 24.0 Å². The first-order chi connectivity index (χ1) is 7.02. The van der Waals surface area contributed by atoms with Gasteiger partial charge in [-0.2, -0.15) is 0 Å². The van der Waals surface area contributed by atoms with Gasteiger partial charge in [0, 0.05) is 5.69 Å². The van der Waals surface area contributed by atoms with Gasteiger partial charge >= 0.3 is 11.9 Å². The number of nitrogens with zero attached hydrogens (tertiary/aromatic N) is 1. The lowest BCUT2D eigenvalue weighted by Crippen LogP contribution is -2.24. The molecule has 15 heavy (non-hydrogen) atoms. The van der Waals surface area contributed by atoms with Crippen LogP contribution in [0.2, 0.25) is 0 Å². The van der Waals surface area contributed by atoms with E-state index < -0.39 is 11.9 Å². The topological polar surface area (TPSA) is 68.3 Å². The molecule has 0 aliphatic rings. The van der Waals surface area contributed by atoms with Gasteiger partial charge in [-0.3, -0.25) is 4.79 Å². The second-order valence-electron chi connectivity index (χ2n) is 3.12. The Balaban J connectivity index is 2.81. The Bertz CT molecular complexity index is 381. The summed E-state index contributed by atoms with van der Waals surface area (Å²) in [6.07, 6.45) is 0. The minimum Gasteiger partial charge on any atom is -0.462 e. The van der Waals surface area contributed by atoms with E-state index in [0.717, 1.165) is 18.4 Å². The Hall–Kier alpha value is -1.91. The van der Waals surface area contributed by atoms with E-state index in [4.69, 9.17) is 0 Å². The van der Waals surface area contributed by atoms with E-state index in [-0.39, 0.29) is 0 Å². The Morgan fingerprint density at radius 2 is 2.00 bits per heavy atom. The lowest BCUT2D eigenvalue weighted by atomic mass is 10.2. The molecule has 1 amide bonds. The first-order valence-electron chi connectivity index (χ1n) is 4.37. The number of amides is 1. The highest BCUT2D eigenvalue weighted by atomic mass is 16.5. The highest BCUT2D eigenvalue weighted by molar-refractivity contribution is 6.37. The zero-order valence-electron chi connectivity index (χ0n) is 8.83. The normalized spacial score (nSPS) is 9.53. The van der Waals surface area contributed by atoms with Crippen molar-refractivity contribution in [2.75, 3.05) is 12.4 Å². The first-order valence-corrected chi connectivity index (χ1v) is 4.37. The maximum atomic E-state index is 11.1. The van der Waals surface area contributed by atoms with Gasteiger partial charge in [0.2, 0.25) is 0 Å². The van der Waals surface area contributed by atoms with Gasteiger partial charge in [0.15, 0.2) is 0 Å². The van der Waals surface area contributed by atoms with E-state index in [9.17, 15) is 9.59 Å². The molecule has 80 valence electrons. The standard InChI is InChI=1S/C10H12N2O3/c1-6-4-7(2)11-8(5-6)12-9(13)10(14)15-3/h4-5H,1-3H3,(H,11,12,13). The van der Waals surface area contributed by atoms with Crippen LogP contribution in [0.5, 0.6) is 0 Å². The van der Waals surface area contributed by atoms with Gasteiger partial charge in [-0.15, -0.1) is 0 Å². The third kappa shape index (κ3) is 3.05. The summed E-state index contributed by atoms with van der Waals surface area (Å²) in [5, 5.41) is 2.35. The quantitative estimate of drug-likeness (QED) is 0.547. The molecule has 0 radical (unpaired) electrons. The molecule has 0 aromatic carbocycles. The third-order valence-corrected chi connectivity index (χ3v) is 1.71. The summed E-state index contributed by atoms with van der Waals surface area (Å²) in [6.45, 7) is 3.68. The van der Waals surface area contributed by atoms with E-state index in [2.05, 4.69) is 15.0 Å². The van der Waals surface area contributed by atoms with Crippen LogP contribution in [0.25, 0.3) is 0 Å². The number of nitrogens with one attached hydrogen (secondary N) is 1. The number of hydrogen-bond donors (Lipinski definition) is 1. The molecule has 5 heteroatoms. The van der Waals surface area contributed by atoms with Gasteiger partial charge in [0.1, 0.15) is 5.82 Å². The number of carbonyl (C=O) groups is 2. The van der Waals surface area contributed by atoms with Gasteiger partial charge in [-0.25, -0.2) is 9.78 Å². The Labute approximate surface area is 87.5 Å². The maximum Gasteiger partial charge on any atom is 0.396 e. The van der Waals surface area contributed by atoms with Gasteiger partial charge in [-0.1, -0.05) is 0 Å². The molecule has 0 aliphatic heterocycles. The van der Waals surface area contributed by atoms with Crippen LogP contribution in [0.3, 0.4) is 0 Å².